The molecule has 0 amide bonds. The fourth-order valence-corrected chi connectivity index (χ4v) is 12.2. The first kappa shape index (κ1) is 44.0. The smallest absolute Gasteiger partial charge is 0.0714 e. The van der Waals surface area contributed by atoms with E-state index in [0.29, 0.717) is 0 Å². The molecule has 75 heavy (non-hydrogen) atoms. The molecule has 12 aromatic carbocycles. The maximum atomic E-state index is 2.52. The summed E-state index contributed by atoms with van der Waals surface area (Å²) in [6.07, 6.45) is 0. The van der Waals surface area contributed by atoms with Crippen molar-refractivity contribution in [3.05, 3.63) is 326 Å². The zero-order valence-corrected chi connectivity index (χ0v) is 41.3. The van der Waals surface area contributed by atoms with E-state index in [4.69, 9.17) is 0 Å². The molecule has 2 heteroatoms. The molecule has 2 nitrogen and oxygen atoms in total. The minimum Gasteiger partial charge on any atom is -0.310 e. The predicted molar refractivity (Wildman–Crippen MR) is 315 cm³/mol. The van der Waals surface area contributed by atoms with Crippen LogP contribution in [0.5, 0.6) is 0 Å². The SMILES string of the molecule is c1ccc(-c2ccccc2-c2ccc(N(c3ccccc3)c3ccccc3-c3ccc(-c4ccc5c6ccccc6n(-c6cccc7c6-c6ccccc6C7(c6ccccc6)c6ccccc6)c5c4)cc3)cc2)cc1. The zero-order valence-electron chi connectivity index (χ0n) is 41.3. The molecule has 13 aromatic rings. The first-order chi connectivity index (χ1) is 37.2. The van der Waals surface area contributed by atoms with E-state index in [1.54, 1.807) is 0 Å². The maximum Gasteiger partial charge on any atom is 0.0714 e. The molecular formula is C73H50N2. The Kier molecular flexibility index (Phi) is 10.8. The summed E-state index contributed by atoms with van der Waals surface area (Å²) in [5.74, 6) is 0. The lowest BCUT2D eigenvalue weighted by molar-refractivity contribution is 0.768. The summed E-state index contributed by atoms with van der Waals surface area (Å²) >= 11 is 0. The van der Waals surface area contributed by atoms with Crippen molar-refractivity contribution >= 4 is 38.9 Å². The molecule has 0 bridgehead atoms. The van der Waals surface area contributed by atoms with Gasteiger partial charge in [-0.15, -0.1) is 0 Å². The van der Waals surface area contributed by atoms with Crippen LogP contribution in [0.1, 0.15) is 22.3 Å². The molecule has 1 aromatic heterocycles. The molecule has 0 aliphatic heterocycles. The summed E-state index contributed by atoms with van der Waals surface area (Å²) < 4.78 is 2.52. The fourth-order valence-electron chi connectivity index (χ4n) is 12.2. The van der Waals surface area contributed by atoms with Gasteiger partial charge in [0.1, 0.15) is 0 Å². The number of benzene rings is 12. The molecule has 14 rings (SSSR count). The second-order valence-electron chi connectivity index (χ2n) is 19.5. The third-order valence-electron chi connectivity index (χ3n) is 15.5. The van der Waals surface area contributed by atoms with E-state index in [1.165, 1.54) is 88.7 Å². The molecular weight excluding hydrogens is 905 g/mol. The number of fused-ring (bicyclic) bond motifs is 6. The molecule has 1 heterocycles. The molecule has 0 spiro atoms. The largest absolute Gasteiger partial charge is 0.310 e. The highest BCUT2D eigenvalue weighted by atomic mass is 15.1. The lowest BCUT2D eigenvalue weighted by Gasteiger charge is -2.34. The Morgan fingerprint density at radius 1 is 0.280 bits per heavy atom. The molecule has 0 saturated carbocycles. The van der Waals surface area contributed by atoms with Gasteiger partial charge < -0.3 is 9.47 Å². The molecule has 1 aliphatic rings. The maximum absolute atomic E-state index is 2.52. The molecule has 0 atom stereocenters. The first-order valence-corrected chi connectivity index (χ1v) is 25.9. The predicted octanol–water partition coefficient (Wildman–Crippen LogP) is 19.3. The number of hydrogen-bond donors (Lipinski definition) is 0. The van der Waals surface area contributed by atoms with Crippen LogP contribution in [-0.2, 0) is 5.41 Å². The number of aromatic nitrogens is 1. The third-order valence-corrected chi connectivity index (χ3v) is 15.5. The molecule has 0 N–H and O–H groups in total. The van der Waals surface area contributed by atoms with E-state index in [2.05, 4.69) is 313 Å². The van der Waals surface area contributed by atoms with Gasteiger partial charge in [0.25, 0.3) is 0 Å². The number of nitrogens with zero attached hydrogens (tertiary/aromatic N) is 2. The molecule has 0 unspecified atom stereocenters. The van der Waals surface area contributed by atoms with E-state index < -0.39 is 5.41 Å². The van der Waals surface area contributed by atoms with Crippen LogP contribution >= 0.6 is 0 Å². The highest BCUT2D eigenvalue weighted by Gasteiger charge is 2.47. The van der Waals surface area contributed by atoms with E-state index >= 15 is 0 Å². The van der Waals surface area contributed by atoms with E-state index in [9.17, 15) is 0 Å². The van der Waals surface area contributed by atoms with E-state index in [0.717, 1.165) is 33.8 Å². The summed E-state index contributed by atoms with van der Waals surface area (Å²) in [6.45, 7) is 0. The molecule has 0 fully saturated rings. The minimum absolute atomic E-state index is 0.493. The van der Waals surface area contributed by atoms with Gasteiger partial charge in [0, 0.05) is 33.3 Å². The standard InChI is InChI=1S/C73H50N2/c1-5-22-52(23-6-1)60-30-13-14-31-61(60)53-44-47-59(48-45-53)74(58-28-11-4-12-29-58)68-37-19-16-32-62(68)54-42-40-51(41-43-54)55-46-49-64-63-33-17-20-38-69(63)75(71(64)50-55)70-39-21-36-67-72(70)65-34-15-18-35-66(65)73(67,56-24-7-2-8-25-56)57-26-9-3-10-27-57/h1-50H. The average molecular weight is 955 g/mol. The Bertz CT molecular complexity index is 4160. The van der Waals surface area contributed by atoms with Crippen LogP contribution < -0.4 is 4.90 Å². The minimum atomic E-state index is -0.493. The lowest BCUT2D eigenvalue weighted by Crippen LogP contribution is -2.28. The topological polar surface area (TPSA) is 8.17 Å². The van der Waals surface area contributed by atoms with Crippen LogP contribution in [0.4, 0.5) is 17.1 Å². The Labute approximate surface area is 438 Å². The van der Waals surface area contributed by atoms with Crippen molar-refractivity contribution in [2.24, 2.45) is 0 Å². The van der Waals surface area contributed by atoms with Gasteiger partial charge in [0.2, 0.25) is 0 Å². The summed E-state index contributed by atoms with van der Waals surface area (Å²) in [6, 6.07) is 111. The van der Waals surface area contributed by atoms with Gasteiger partial charge in [-0.3, -0.25) is 0 Å². The van der Waals surface area contributed by atoms with Crippen molar-refractivity contribution in [2.45, 2.75) is 5.41 Å². The average Bonchev–Trinajstić information content (AvgIpc) is 4.04. The van der Waals surface area contributed by atoms with Gasteiger partial charge in [-0.1, -0.05) is 255 Å². The Morgan fingerprint density at radius 2 is 0.747 bits per heavy atom. The number of hydrogen-bond acceptors (Lipinski definition) is 1. The van der Waals surface area contributed by atoms with Gasteiger partial charge in [-0.25, -0.2) is 0 Å². The summed E-state index contributed by atoms with van der Waals surface area (Å²) in [5.41, 5.74) is 23.5. The third kappa shape index (κ3) is 7.25. The summed E-state index contributed by atoms with van der Waals surface area (Å²) in [7, 11) is 0. The van der Waals surface area contributed by atoms with Gasteiger partial charge in [0.05, 0.1) is 27.8 Å². The Hall–Kier alpha value is -9.76. The molecule has 0 radical (unpaired) electrons. The van der Waals surface area contributed by atoms with Crippen LogP contribution in [0.3, 0.4) is 0 Å². The van der Waals surface area contributed by atoms with Crippen LogP contribution in [0.2, 0.25) is 0 Å². The van der Waals surface area contributed by atoms with Crippen LogP contribution in [0.25, 0.3) is 83.1 Å². The van der Waals surface area contributed by atoms with Gasteiger partial charge in [-0.05, 0) is 115 Å². The second kappa shape index (κ2) is 18.4. The zero-order chi connectivity index (χ0) is 49.7. The monoisotopic (exact) mass is 954 g/mol. The Morgan fingerprint density at radius 3 is 1.44 bits per heavy atom. The van der Waals surface area contributed by atoms with E-state index in [1.807, 2.05) is 0 Å². The quantitative estimate of drug-likeness (QED) is 0.133. The number of para-hydroxylation sites is 3. The van der Waals surface area contributed by atoms with Crippen LogP contribution in [0, 0.1) is 0 Å². The van der Waals surface area contributed by atoms with Crippen molar-refractivity contribution in [1.29, 1.82) is 0 Å². The van der Waals surface area contributed by atoms with Crippen molar-refractivity contribution < 1.29 is 0 Å². The van der Waals surface area contributed by atoms with Crippen molar-refractivity contribution in [2.75, 3.05) is 4.90 Å². The second-order valence-corrected chi connectivity index (χ2v) is 19.5. The van der Waals surface area contributed by atoms with Crippen LogP contribution in [-0.4, -0.2) is 4.57 Å². The van der Waals surface area contributed by atoms with Gasteiger partial charge in [-0.2, -0.15) is 0 Å². The highest BCUT2D eigenvalue weighted by molar-refractivity contribution is 6.11. The number of rotatable bonds is 10. The summed E-state index contributed by atoms with van der Waals surface area (Å²) in [5, 5.41) is 2.47. The van der Waals surface area contributed by atoms with Crippen molar-refractivity contribution in [3.8, 4) is 61.3 Å². The molecule has 352 valence electrons. The van der Waals surface area contributed by atoms with Gasteiger partial charge in [0.15, 0.2) is 0 Å². The van der Waals surface area contributed by atoms with Crippen LogP contribution in [0.15, 0.2) is 303 Å². The van der Waals surface area contributed by atoms with Crippen molar-refractivity contribution in [3.63, 3.8) is 0 Å². The normalized spacial score (nSPS) is 12.4. The number of anilines is 3. The van der Waals surface area contributed by atoms with Crippen molar-refractivity contribution in [1.82, 2.24) is 4.57 Å². The Balaban J connectivity index is 0.867. The summed E-state index contributed by atoms with van der Waals surface area (Å²) in [4.78, 5) is 2.38. The lowest BCUT2D eigenvalue weighted by atomic mass is 9.68. The first-order valence-electron chi connectivity index (χ1n) is 25.9. The fraction of sp³-hybridized carbons (Fsp3) is 0.0137. The molecule has 1 aliphatic carbocycles. The molecule has 0 saturated heterocycles. The highest BCUT2D eigenvalue weighted by Crippen LogP contribution is 2.58. The van der Waals surface area contributed by atoms with Gasteiger partial charge >= 0.3 is 0 Å². The van der Waals surface area contributed by atoms with E-state index in [-0.39, 0.29) is 0 Å².